The van der Waals surface area contributed by atoms with Crippen LogP contribution in [0.25, 0.3) is 0 Å². The molecule has 1 aliphatic heterocycles. The molecule has 1 aromatic rings. The predicted octanol–water partition coefficient (Wildman–Crippen LogP) is 1.06. The van der Waals surface area contributed by atoms with Gasteiger partial charge in [-0.2, -0.15) is 0 Å². The van der Waals surface area contributed by atoms with Crippen LogP contribution in [0.3, 0.4) is 0 Å². The maximum Gasteiger partial charge on any atom is 0.434 e. The second-order valence-electron chi connectivity index (χ2n) is 4.57. The van der Waals surface area contributed by atoms with Gasteiger partial charge < -0.3 is 15.2 Å². The maximum atomic E-state index is 10.9. The van der Waals surface area contributed by atoms with E-state index < -0.39 is 11.2 Å². The zero-order valence-corrected chi connectivity index (χ0v) is 10.3. The van der Waals surface area contributed by atoms with Crippen molar-refractivity contribution in [3.63, 3.8) is 0 Å². The molecule has 2 heterocycles. The van der Waals surface area contributed by atoms with Crippen molar-refractivity contribution >= 4 is 5.95 Å². The predicted molar refractivity (Wildman–Crippen MR) is 64.9 cm³/mol. The first-order chi connectivity index (χ1) is 8.65. The van der Waals surface area contributed by atoms with Crippen LogP contribution in [0.2, 0.25) is 0 Å². The number of aromatic nitrogens is 2. The molecule has 0 bridgehead atoms. The van der Waals surface area contributed by atoms with Crippen LogP contribution in [0.4, 0.5) is 5.95 Å². The molecule has 0 aromatic carbocycles. The molecular formula is C11H18N4O3. The highest BCUT2D eigenvalue weighted by Gasteiger charge is 2.35. The molecule has 100 valence electrons. The molecule has 2 rings (SSSR count). The molecule has 1 aromatic heterocycles. The SMILES string of the molecule is CCC(C1CCCNC1O)n1ccnc1[N+](=O)[O-]. The minimum absolute atomic E-state index is 0.0170. The van der Waals surface area contributed by atoms with Crippen molar-refractivity contribution in [2.24, 2.45) is 5.92 Å². The molecule has 7 nitrogen and oxygen atoms in total. The molecule has 0 amide bonds. The van der Waals surface area contributed by atoms with Gasteiger partial charge in [-0.15, -0.1) is 0 Å². The molecule has 1 fully saturated rings. The van der Waals surface area contributed by atoms with E-state index >= 15 is 0 Å². The Kier molecular flexibility index (Phi) is 3.93. The first-order valence-electron chi connectivity index (χ1n) is 6.23. The van der Waals surface area contributed by atoms with Gasteiger partial charge in [-0.25, -0.2) is 4.57 Å². The summed E-state index contributed by atoms with van der Waals surface area (Å²) in [6, 6.07) is -0.101. The van der Waals surface area contributed by atoms with Crippen molar-refractivity contribution in [2.75, 3.05) is 6.54 Å². The van der Waals surface area contributed by atoms with E-state index in [2.05, 4.69) is 10.3 Å². The third-order valence-electron chi connectivity index (χ3n) is 3.55. The number of nitrogens with zero attached hydrogens (tertiary/aromatic N) is 3. The van der Waals surface area contributed by atoms with E-state index in [9.17, 15) is 15.2 Å². The number of rotatable bonds is 4. The Morgan fingerprint density at radius 2 is 2.56 bits per heavy atom. The smallest absolute Gasteiger partial charge is 0.390 e. The van der Waals surface area contributed by atoms with Crippen LogP contribution in [0.15, 0.2) is 12.4 Å². The van der Waals surface area contributed by atoms with Gasteiger partial charge in [0, 0.05) is 5.92 Å². The summed E-state index contributed by atoms with van der Waals surface area (Å²) >= 11 is 0. The van der Waals surface area contributed by atoms with E-state index in [1.165, 1.54) is 6.20 Å². The van der Waals surface area contributed by atoms with Gasteiger partial charge in [0.15, 0.2) is 0 Å². The molecule has 7 heteroatoms. The van der Waals surface area contributed by atoms with Crippen molar-refractivity contribution in [3.8, 4) is 0 Å². The van der Waals surface area contributed by atoms with Crippen LogP contribution in [0, 0.1) is 16.0 Å². The summed E-state index contributed by atoms with van der Waals surface area (Å²) in [7, 11) is 0. The van der Waals surface area contributed by atoms with Gasteiger partial charge in [0.05, 0.1) is 6.04 Å². The molecule has 0 radical (unpaired) electrons. The van der Waals surface area contributed by atoms with Gasteiger partial charge >= 0.3 is 5.95 Å². The number of piperidine rings is 1. The van der Waals surface area contributed by atoms with Gasteiger partial charge in [0.2, 0.25) is 0 Å². The van der Waals surface area contributed by atoms with Crippen molar-refractivity contribution in [3.05, 3.63) is 22.5 Å². The summed E-state index contributed by atoms with van der Waals surface area (Å²) in [5.74, 6) is -0.170. The average molecular weight is 254 g/mol. The summed E-state index contributed by atoms with van der Waals surface area (Å²) < 4.78 is 1.57. The summed E-state index contributed by atoms with van der Waals surface area (Å²) in [6.07, 6.45) is 5.01. The topological polar surface area (TPSA) is 93.2 Å². The fourth-order valence-electron chi connectivity index (χ4n) is 2.71. The lowest BCUT2D eigenvalue weighted by Crippen LogP contribution is -2.44. The summed E-state index contributed by atoms with van der Waals surface area (Å²) in [4.78, 5) is 14.2. The van der Waals surface area contributed by atoms with Crippen LogP contribution < -0.4 is 5.32 Å². The molecule has 3 atom stereocenters. The lowest BCUT2D eigenvalue weighted by atomic mass is 9.88. The lowest BCUT2D eigenvalue weighted by molar-refractivity contribution is -0.397. The minimum atomic E-state index is -0.606. The summed E-state index contributed by atoms with van der Waals surface area (Å²) in [5.41, 5.74) is 0. The van der Waals surface area contributed by atoms with Gasteiger partial charge in [0.25, 0.3) is 0 Å². The Bertz CT molecular complexity index is 420. The van der Waals surface area contributed by atoms with Crippen LogP contribution in [0.1, 0.15) is 32.2 Å². The summed E-state index contributed by atoms with van der Waals surface area (Å²) in [5, 5.41) is 23.9. The van der Waals surface area contributed by atoms with E-state index in [4.69, 9.17) is 0 Å². The van der Waals surface area contributed by atoms with Crippen LogP contribution in [-0.2, 0) is 0 Å². The third kappa shape index (κ3) is 2.37. The van der Waals surface area contributed by atoms with Crippen molar-refractivity contribution in [1.29, 1.82) is 0 Å². The molecule has 2 N–H and O–H groups in total. The van der Waals surface area contributed by atoms with E-state index in [1.54, 1.807) is 10.8 Å². The Morgan fingerprint density at radius 1 is 1.78 bits per heavy atom. The first-order valence-corrected chi connectivity index (χ1v) is 6.23. The number of hydrogen-bond donors (Lipinski definition) is 2. The monoisotopic (exact) mass is 254 g/mol. The normalized spacial score (nSPS) is 25.9. The highest BCUT2D eigenvalue weighted by Crippen LogP contribution is 2.32. The summed E-state index contributed by atoms with van der Waals surface area (Å²) in [6.45, 7) is 2.76. The number of hydrogen-bond acceptors (Lipinski definition) is 5. The minimum Gasteiger partial charge on any atom is -0.390 e. The third-order valence-corrected chi connectivity index (χ3v) is 3.55. The molecule has 0 spiro atoms. The number of imidazole rings is 1. The molecule has 1 aliphatic rings. The van der Waals surface area contributed by atoms with E-state index in [0.29, 0.717) is 0 Å². The zero-order valence-electron chi connectivity index (χ0n) is 10.3. The molecule has 3 unspecified atom stereocenters. The second-order valence-corrected chi connectivity index (χ2v) is 4.57. The van der Waals surface area contributed by atoms with Crippen molar-refractivity contribution < 1.29 is 10.0 Å². The number of aliphatic hydroxyl groups excluding tert-OH is 1. The van der Waals surface area contributed by atoms with Crippen molar-refractivity contribution in [2.45, 2.75) is 38.5 Å². The quantitative estimate of drug-likeness (QED) is 0.619. The Hall–Kier alpha value is -1.47. The highest BCUT2D eigenvalue weighted by atomic mass is 16.6. The number of aliphatic hydroxyl groups is 1. The molecule has 0 saturated carbocycles. The average Bonchev–Trinajstić information content (AvgIpc) is 2.82. The van der Waals surface area contributed by atoms with E-state index in [-0.39, 0.29) is 17.9 Å². The van der Waals surface area contributed by atoms with Crippen LogP contribution in [0.5, 0.6) is 0 Å². The second kappa shape index (κ2) is 5.45. The van der Waals surface area contributed by atoms with E-state index in [0.717, 1.165) is 25.8 Å². The molecule has 0 aliphatic carbocycles. The standard InChI is InChI=1S/C11H18N4O3/c1-2-9(8-4-3-5-12-10(8)16)14-7-6-13-11(14)15(17)18/h6-10,12,16H,2-5H2,1H3. The maximum absolute atomic E-state index is 10.9. The van der Waals surface area contributed by atoms with E-state index in [1.807, 2.05) is 6.92 Å². The fourth-order valence-corrected chi connectivity index (χ4v) is 2.71. The molecule has 1 saturated heterocycles. The first kappa shape index (κ1) is 13.0. The van der Waals surface area contributed by atoms with Crippen molar-refractivity contribution in [1.82, 2.24) is 14.9 Å². The number of nitro groups is 1. The Morgan fingerprint density at radius 3 is 3.17 bits per heavy atom. The van der Waals surface area contributed by atoms with Gasteiger partial charge in [-0.1, -0.05) is 11.9 Å². The molecule has 18 heavy (non-hydrogen) atoms. The highest BCUT2D eigenvalue weighted by molar-refractivity contribution is 5.09. The number of nitrogens with one attached hydrogen (secondary N) is 1. The Labute approximate surface area is 105 Å². The van der Waals surface area contributed by atoms with Crippen LogP contribution >= 0.6 is 0 Å². The largest absolute Gasteiger partial charge is 0.434 e. The molecular weight excluding hydrogens is 236 g/mol. The Balaban J connectivity index is 2.26. The van der Waals surface area contributed by atoms with Gasteiger partial charge in [-0.3, -0.25) is 5.32 Å². The van der Waals surface area contributed by atoms with Crippen LogP contribution in [-0.4, -0.2) is 32.4 Å². The fraction of sp³-hybridized carbons (Fsp3) is 0.727. The van der Waals surface area contributed by atoms with Gasteiger partial charge in [-0.05, 0) is 30.7 Å². The zero-order chi connectivity index (χ0) is 13.1. The lowest BCUT2D eigenvalue weighted by Gasteiger charge is -2.33. The van der Waals surface area contributed by atoms with Gasteiger partial charge in [0.1, 0.15) is 18.6 Å².